The first-order chi connectivity index (χ1) is 11.9. The molecule has 142 valence electrons. The molecule has 1 saturated heterocycles. The van der Waals surface area contributed by atoms with E-state index in [2.05, 4.69) is 10.1 Å². The maximum absolute atomic E-state index is 12.9. The molecule has 0 spiro atoms. The number of benzene rings is 1. The lowest BCUT2D eigenvalue weighted by atomic mass is 10.2. The van der Waals surface area contributed by atoms with E-state index in [1.54, 1.807) is 27.8 Å². The van der Waals surface area contributed by atoms with Crippen molar-refractivity contribution in [3.05, 3.63) is 39.9 Å². The molecule has 6 nitrogen and oxygen atoms in total. The van der Waals surface area contributed by atoms with Crippen molar-refractivity contribution in [3.63, 3.8) is 0 Å². The molecule has 9 heteroatoms. The van der Waals surface area contributed by atoms with Gasteiger partial charge in [-0.2, -0.15) is 0 Å². The molecule has 1 aliphatic rings. The summed E-state index contributed by atoms with van der Waals surface area (Å²) in [6, 6.07) is 5.29. The van der Waals surface area contributed by atoms with Gasteiger partial charge in [-0.1, -0.05) is 43.1 Å². The molecule has 3 rings (SSSR count). The molecule has 1 atom stereocenters. The average molecular weight is 419 g/mol. The highest BCUT2D eigenvalue weighted by Gasteiger charge is 2.32. The topological polar surface area (TPSA) is 77.0 Å². The van der Waals surface area contributed by atoms with Crippen LogP contribution in [0.3, 0.4) is 0 Å². The second kappa shape index (κ2) is 8.57. The van der Waals surface area contributed by atoms with E-state index in [0.29, 0.717) is 34.6 Å². The Kier molecular flexibility index (Phi) is 6.91. The van der Waals surface area contributed by atoms with Crippen LogP contribution in [-0.4, -0.2) is 44.7 Å². The van der Waals surface area contributed by atoms with Crippen molar-refractivity contribution in [1.29, 1.82) is 0 Å². The largest absolute Gasteiger partial charge is 0.332 e. The van der Waals surface area contributed by atoms with E-state index < -0.39 is 0 Å². The second-order valence-corrected chi connectivity index (χ2v) is 7.28. The fraction of sp³-hybridized carbons (Fsp3) is 0.471. The Bertz CT molecular complexity index is 772. The minimum absolute atomic E-state index is 0. The van der Waals surface area contributed by atoms with Gasteiger partial charge in [0, 0.05) is 25.0 Å². The lowest BCUT2D eigenvalue weighted by Crippen LogP contribution is -2.40. The molecule has 2 heterocycles. The van der Waals surface area contributed by atoms with Gasteiger partial charge in [-0.3, -0.25) is 4.79 Å². The van der Waals surface area contributed by atoms with Crippen molar-refractivity contribution < 1.29 is 4.79 Å². The highest BCUT2D eigenvalue weighted by atomic mass is 35.5. The average Bonchev–Trinajstić information content (AvgIpc) is 3.21. The van der Waals surface area contributed by atoms with Crippen LogP contribution in [0.1, 0.15) is 49.1 Å². The number of nitrogens with two attached hydrogens (primary N) is 1. The number of hydrogen-bond acceptors (Lipinski definition) is 4. The molecular weight excluding hydrogens is 397 g/mol. The van der Waals surface area contributed by atoms with Gasteiger partial charge in [0.2, 0.25) is 5.82 Å². The summed E-state index contributed by atoms with van der Waals surface area (Å²) in [5.74, 6) is 0.643. The zero-order chi connectivity index (χ0) is 18.1. The Morgan fingerprint density at radius 2 is 2.00 bits per heavy atom. The maximum Gasteiger partial charge on any atom is 0.293 e. The molecule has 0 bridgehead atoms. The molecular formula is C17H22Cl3N5O. The van der Waals surface area contributed by atoms with Crippen molar-refractivity contribution in [1.82, 2.24) is 19.7 Å². The molecule has 1 aromatic heterocycles. The summed E-state index contributed by atoms with van der Waals surface area (Å²) in [6.07, 6.45) is 1.86. The standard InChI is InChI=1S/C17H21Cl2N5O.ClH/c1-10(2)16-21-15(17(25)23-8-4-5-11(23)9-20)22-24(16)14-12(18)6-3-7-13(14)19;/h3,6-7,10-11H,4-5,8-9,20H2,1-2H3;1H. The summed E-state index contributed by atoms with van der Waals surface area (Å²) < 4.78 is 1.58. The molecule has 1 unspecified atom stereocenters. The quantitative estimate of drug-likeness (QED) is 0.821. The van der Waals surface area contributed by atoms with Crippen LogP contribution in [0, 0.1) is 0 Å². The third kappa shape index (κ3) is 3.83. The van der Waals surface area contributed by atoms with Gasteiger partial charge in [-0.25, -0.2) is 9.67 Å². The lowest BCUT2D eigenvalue weighted by Gasteiger charge is -2.21. The van der Waals surface area contributed by atoms with Crippen molar-refractivity contribution in [2.75, 3.05) is 13.1 Å². The van der Waals surface area contributed by atoms with E-state index in [1.165, 1.54) is 0 Å². The number of likely N-dealkylation sites (tertiary alicyclic amines) is 1. The third-order valence-electron chi connectivity index (χ3n) is 4.40. The fourth-order valence-corrected chi connectivity index (χ4v) is 3.68. The Morgan fingerprint density at radius 3 is 2.58 bits per heavy atom. The van der Waals surface area contributed by atoms with E-state index in [-0.39, 0.29) is 36.1 Å². The predicted octanol–water partition coefficient (Wildman–Crippen LogP) is 3.68. The summed E-state index contributed by atoms with van der Waals surface area (Å²) in [4.78, 5) is 19.1. The van der Waals surface area contributed by atoms with E-state index in [4.69, 9.17) is 28.9 Å². The van der Waals surface area contributed by atoms with Crippen LogP contribution < -0.4 is 5.73 Å². The summed E-state index contributed by atoms with van der Waals surface area (Å²) >= 11 is 12.6. The van der Waals surface area contributed by atoms with E-state index >= 15 is 0 Å². The monoisotopic (exact) mass is 417 g/mol. The first kappa shape index (κ1) is 21.0. The van der Waals surface area contributed by atoms with Crippen molar-refractivity contribution in [2.45, 2.75) is 38.6 Å². The van der Waals surface area contributed by atoms with Crippen molar-refractivity contribution in [3.8, 4) is 5.69 Å². The molecule has 26 heavy (non-hydrogen) atoms. The van der Waals surface area contributed by atoms with Crippen LogP contribution in [0.5, 0.6) is 0 Å². The molecule has 0 radical (unpaired) electrons. The maximum atomic E-state index is 12.9. The van der Waals surface area contributed by atoms with E-state index in [9.17, 15) is 4.79 Å². The van der Waals surface area contributed by atoms with Crippen LogP contribution in [0.4, 0.5) is 0 Å². The van der Waals surface area contributed by atoms with Crippen molar-refractivity contribution in [2.24, 2.45) is 5.73 Å². The number of amides is 1. The third-order valence-corrected chi connectivity index (χ3v) is 5.01. The zero-order valence-corrected chi connectivity index (χ0v) is 17.0. The smallest absolute Gasteiger partial charge is 0.293 e. The summed E-state index contributed by atoms with van der Waals surface area (Å²) in [5.41, 5.74) is 6.32. The number of aromatic nitrogens is 3. The van der Waals surface area contributed by atoms with Crippen LogP contribution in [0.25, 0.3) is 5.69 Å². The number of para-hydroxylation sites is 1. The van der Waals surface area contributed by atoms with Crippen LogP contribution in [-0.2, 0) is 0 Å². The van der Waals surface area contributed by atoms with Gasteiger partial charge in [0.1, 0.15) is 11.5 Å². The molecule has 0 aliphatic carbocycles. The Hall–Kier alpha value is -1.34. The van der Waals surface area contributed by atoms with Gasteiger partial charge in [-0.05, 0) is 25.0 Å². The molecule has 2 aromatic rings. The molecule has 0 saturated carbocycles. The van der Waals surface area contributed by atoms with Gasteiger partial charge >= 0.3 is 0 Å². The first-order valence-electron chi connectivity index (χ1n) is 8.36. The first-order valence-corrected chi connectivity index (χ1v) is 9.12. The van der Waals surface area contributed by atoms with E-state index in [0.717, 1.165) is 12.8 Å². The van der Waals surface area contributed by atoms with Crippen LogP contribution in [0.15, 0.2) is 18.2 Å². The van der Waals surface area contributed by atoms with Crippen molar-refractivity contribution >= 4 is 41.5 Å². The number of carbonyl (C=O) groups is 1. The van der Waals surface area contributed by atoms with Gasteiger partial charge < -0.3 is 10.6 Å². The van der Waals surface area contributed by atoms with Crippen LogP contribution >= 0.6 is 35.6 Å². The Balaban J connectivity index is 0.00000243. The normalized spacial score (nSPS) is 16.8. The summed E-state index contributed by atoms with van der Waals surface area (Å²) in [7, 11) is 0. The lowest BCUT2D eigenvalue weighted by molar-refractivity contribution is 0.0729. The number of nitrogens with zero attached hydrogens (tertiary/aromatic N) is 4. The highest BCUT2D eigenvalue weighted by Crippen LogP contribution is 2.30. The SMILES string of the molecule is CC(C)c1nc(C(=O)N2CCCC2CN)nn1-c1c(Cl)cccc1Cl.Cl. The minimum Gasteiger partial charge on any atom is -0.332 e. The number of rotatable bonds is 4. The number of carbonyl (C=O) groups excluding carboxylic acids is 1. The molecule has 1 aromatic carbocycles. The van der Waals surface area contributed by atoms with E-state index in [1.807, 2.05) is 13.8 Å². The van der Waals surface area contributed by atoms with Gasteiger partial charge in [-0.15, -0.1) is 17.5 Å². The minimum atomic E-state index is -0.197. The second-order valence-electron chi connectivity index (χ2n) is 6.46. The summed E-state index contributed by atoms with van der Waals surface area (Å²) in [5, 5.41) is 5.36. The predicted molar refractivity (Wildman–Crippen MR) is 106 cm³/mol. The Morgan fingerprint density at radius 1 is 1.35 bits per heavy atom. The van der Waals surface area contributed by atoms with Gasteiger partial charge in [0.05, 0.1) is 10.0 Å². The molecule has 1 aliphatic heterocycles. The Labute approximate surface area is 169 Å². The zero-order valence-electron chi connectivity index (χ0n) is 14.7. The van der Waals surface area contributed by atoms with Gasteiger partial charge in [0.15, 0.2) is 0 Å². The summed E-state index contributed by atoms with van der Waals surface area (Å²) in [6.45, 7) is 5.09. The molecule has 1 fully saturated rings. The van der Waals surface area contributed by atoms with Crippen LogP contribution in [0.2, 0.25) is 10.0 Å². The molecule has 2 N–H and O–H groups in total. The van der Waals surface area contributed by atoms with Gasteiger partial charge in [0.25, 0.3) is 5.91 Å². The highest BCUT2D eigenvalue weighted by molar-refractivity contribution is 6.37. The number of hydrogen-bond donors (Lipinski definition) is 1. The molecule has 1 amide bonds. The fourth-order valence-electron chi connectivity index (χ4n) is 3.12. The number of halogens is 3.